The van der Waals surface area contributed by atoms with Crippen LogP contribution in [0.25, 0.3) is 5.65 Å². The number of aromatic nitrogens is 6. The fourth-order valence-electron chi connectivity index (χ4n) is 1.98. The number of carboxylic acid groups (broad SMARTS) is 1. The summed E-state index contributed by atoms with van der Waals surface area (Å²) in [5, 5.41) is 22.6. The van der Waals surface area contributed by atoms with Gasteiger partial charge in [0.1, 0.15) is 11.5 Å². The van der Waals surface area contributed by atoms with Crippen LogP contribution in [0, 0.1) is 0 Å². The van der Waals surface area contributed by atoms with Gasteiger partial charge in [-0.25, -0.2) is 14.9 Å². The molecule has 0 amide bonds. The number of hydrogen-bond donors (Lipinski definition) is 2. The van der Waals surface area contributed by atoms with Crippen molar-refractivity contribution in [1.29, 1.82) is 0 Å². The van der Waals surface area contributed by atoms with E-state index in [-0.39, 0.29) is 5.69 Å². The molecule has 0 aliphatic heterocycles. The van der Waals surface area contributed by atoms with E-state index < -0.39 is 5.97 Å². The Bertz CT molecular complexity index is 718. The Labute approximate surface area is 107 Å². The standard InChI is InChI=1S/C11H10N6O2/c18-11(19)8-6-12-10-3-1-2-7(17(8)10)4-5-9-13-15-16-14-9/h1-3,6H,4-5H2,(H,18,19)(H,13,14,15,16). The lowest BCUT2D eigenvalue weighted by molar-refractivity contribution is 0.0689. The molecular weight excluding hydrogens is 248 g/mol. The molecule has 3 heterocycles. The number of fused-ring (bicyclic) bond motifs is 1. The number of hydrogen-bond acceptors (Lipinski definition) is 5. The zero-order valence-electron chi connectivity index (χ0n) is 9.82. The molecule has 0 aromatic carbocycles. The summed E-state index contributed by atoms with van der Waals surface area (Å²) in [5.41, 5.74) is 1.62. The lowest BCUT2D eigenvalue weighted by Gasteiger charge is -2.05. The molecule has 0 bridgehead atoms. The highest BCUT2D eigenvalue weighted by Crippen LogP contribution is 2.12. The number of carboxylic acids is 1. The Morgan fingerprint density at radius 3 is 3.00 bits per heavy atom. The highest BCUT2D eigenvalue weighted by Gasteiger charge is 2.13. The Kier molecular flexibility index (Phi) is 2.67. The van der Waals surface area contributed by atoms with Crippen LogP contribution in [0.5, 0.6) is 0 Å². The van der Waals surface area contributed by atoms with Gasteiger partial charge in [0, 0.05) is 12.1 Å². The van der Waals surface area contributed by atoms with Gasteiger partial charge in [-0.3, -0.25) is 4.40 Å². The number of nitrogens with one attached hydrogen (secondary N) is 1. The van der Waals surface area contributed by atoms with Crippen LogP contribution in [0.2, 0.25) is 0 Å². The fourth-order valence-corrected chi connectivity index (χ4v) is 1.98. The lowest BCUT2D eigenvalue weighted by atomic mass is 10.2. The number of tetrazole rings is 1. The third kappa shape index (κ3) is 2.03. The zero-order valence-corrected chi connectivity index (χ0v) is 9.82. The van der Waals surface area contributed by atoms with E-state index >= 15 is 0 Å². The minimum absolute atomic E-state index is 0.154. The molecule has 0 spiro atoms. The average Bonchev–Trinajstić information content (AvgIpc) is 3.05. The van der Waals surface area contributed by atoms with Gasteiger partial charge in [0.2, 0.25) is 0 Å². The third-order valence-corrected chi connectivity index (χ3v) is 2.84. The number of imidazole rings is 1. The second-order valence-corrected chi connectivity index (χ2v) is 4.01. The van der Waals surface area contributed by atoms with Crippen LogP contribution in [0.15, 0.2) is 24.4 Å². The molecule has 8 nitrogen and oxygen atoms in total. The van der Waals surface area contributed by atoms with Crippen LogP contribution in [0.3, 0.4) is 0 Å². The van der Waals surface area contributed by atoms with Gasteiger partial charge in [-0.2, -0.15) is 0 Å². The molecule has 2 N–H and O–H groups in total. The van der Waals surface area contributed by atoms with Crippen molar-refractivity contribution < 1.29 is 9.90 Å². The van der Waals surface area contributed by atoms with Gasteiger partial charge in [0.15, 0.2) is 5.69 Å². The van der Waals surface area contributed by atoms with E-state index in [1.54, 1.807) is 10.5 Å². The molecule has 3 rings (SSSR count). The van der Waals surface area contributed by atoms with Crippen molar-refractivity contribution >= 4 is 11.6 Å². The highest BCUT2D eigenvalue weighted by atomic mass is 16.4. The van der Waals surface area contributed by atoms with Gasteiger partial charge in [-0.05, 0) is 29.0 Å². The van der Waals surface area contributed by atoms with Crippen molar-refractivity contribution in [2.45, 2.75) is 12.8 Å². The van der Waals surface area contributed by atoms with Crippen LogP contribution >= 0.6 is 0 Å². The first kappa shape index (κ1) is 11.3. The highest BCUT2D eigenvalue weighted by molar-refractivity contribution is 5.86. The molecule has 0 saturated carbocycles. The molecule has 0 saturated heterocycles. The molecule has 0 radical (unpaired) electrons. The van der Waals surface area contributed by atoms with Crippen molar-refractivity contribution in [3.05, 3.63) is 41.6 Å². The molecule has 3 aromatic rings. The van der Waals surface area contributed by atoms with E-state index in [2.05, 4.69) is 25.6 Å². The van der Waals surface area contributed by atoms with Gasteiger partial charge >= 0.3 is 5.97 Å². The first-order valence-electron chi connectivity index (χ1n) is 5.67. The van der Waals surface area contributed by atoms with E-state index in [1.165, 1.54) is 6.20 Å². The first-order valence-corrected chi connectivity index (χ1v) is 5.67. The van der Waals surface area contributed by atoms with Crippen LogP contribution < -0.4 is 0 Å². The van der Waals surface area contributed by atoms with E-state index in [4.69, 9.17) is 5.11 Å². The summed E-state index contributed by atoms with van der Waals surface area (Å²) in [6, 6.07) is 5.48. The molecule has 0 aliphatic carbocycles. The molecule has 0 aliphatic rings. The monoisotopic (exact) mass is 258 g/mol. The largest absolute Gasteiger partial charge is 0.477 e. The Balaban J connectivity index is 1.98. The van der Waals surface area contributed by atoms with Crippen LogP contribution in [0.4, 0.5) is 0 Å². The van der Waals surface area contributed by atoms with Crippen LogP contribution in [-0.4, -0.2) is 41.1 Å². The Morgan fingerprint density at radius 2 is 2.26 bits per heavy atom. The number of rotatable bonds is 4. The summed E-state index contributed by atoms with van der Waals surface area (Å²) in [4.78, 5) is 15.2. The third-order valence-electron chi connectivity index (χ3n) is 2.84. The van der Waals surface area contributed by atoms with Crippen molar-refractivity contribution in [2.24, 2.45) is 0 Å². The van der Waals surface area contributed by atoms with Crippen molar-refractivity contribution in [1.82, 2.24) is 30.0 Å². The van der Waals surface area contributed by atoms with E-state index in [0.717, 1.165) is 5.69 Å². The molecule has 8 heteroatoms. The van der Waals surface area contributed by atoms with E-state index in [0.29, 0.717) is 24.3 Å². The summed E-state index contributed by atoms with van der Waals surface area (Å²) in [6.07, 6.45) is 2.57. The number of aryl methyl sites for hydroxylation is 2. The maximum Gasteiger partial charge on any atom is 0.354 e. The van der Waals surface area contributed by atoms with Crippen LogP contribution in [-0.2, 0) is 12.8 Å². The van der Waals surface area contributed by atoms with Gasteiger partial charge in [0.05, 0.1) is 6.20 Å². The summed E-state index contributed by atoms with van der Waals surface area (Å²) in [7, 11) is 0. The predicted octanol–water partition coefficient (Wildman–Crippen LogP) is 0.331. The van der Waals surface area contributed by atoms with Gasteiger partial charge < -0.3 is 5.11 Å². The van der Waals surface area contributed by atoms with Crippen molar-refractivity contribution in [3.8, 4) is 0 Å². The quantitative estimate of drug-likeness (QED) is 0.698. The zero-order chi connectivity index (χ0) is 13.2. The maximum atomic E-state index is 11.2. The number of aromatic carboxylic acids is 1. The minimum atomic E-state index is -0.999. The maximum absolute atomic E-state index is 11.2. The SMILES string of the molecule is O=C(O)c1cnc2cccc(CCc3nnn[nH]3)n12. The van der Waals surface area contributed by atoms with Gasteiger partial charge in [0.25, 0.3) is 0 Å². The molecule has 0 atom stereocenters. The minimum Gasteiger partial charge on any atom is -0.477 e. The van der Waals surface area contributed by atoms with Crippen LogP contribution in [0.1, 0.15) is 22.0 Å². The lowest BCUT2D eigenvalue weighted by Crippen LogP contribution is -2.07. The predicted molar refractivity (Wildman–Crippen MR) is 63.7 cm³/mol. The normalized spacial score (nSPS) is 10.9. The van der Waals surface area contributed by atoms with Gasteiger partial charge in [-0.1, -0.05) is 6.07 Å². The number of aromatic amines is 1. The second kappa shape index (κ2) is 4.48. The van der Waals surface area contributed by atoms with Crippen molar-refractivity contribution in [3.63, 3.8) is 0 Å². The number of nitrogens with zero attached hydrogens (tertiary/aromatic N) is 5. The number of pyridine rings is 1. The molecule has 19 heavy (non-hydrogen) atoms. The Morgan fingerprint density at radius 1 is 1.37 bits per heavy atom. The number of H-pyrrole nitrogens is 1. The fraction of sp³-hybridized carbons (Fsp3) is 0.182. The smallest absolute Gasteiger partial charge is 0.354 e. The van der Waals surface area contributed by atoms with Crippen molar-refractivity contribution in [2.75, 3.05) is 0 Å². The number of carbonyl (C=O) groups is 1. The molecule has 3 aromatic heterocycles. The van der Waals surface area contributed by atoms with E-state index in [1.807, 2.05) is 12.1 Å². The Hall–Kier alpha value is -2.77. The summed E-state index contributed by atoms with van der Waals surface area (Å²) >= 11 is 0. The molecule has 0 unspecified atom stereocenters. The molecule has 96 valence electrons. The molecular formula is C11H10N6O2. The second-order valence-electron chi connectivity index (χ2n) is 4.01. The topological polar surface area (TPSA) is 109 Å². The summed E-state index contributed by atoms with van der Waals surface area (Å²) in [6.45, 7) is 0. The summed E-state index contributed by atoms with van der Waals surface area (Å²) in [5.74, 6) is -0.338. The summed E-state index contributed by atoms with van der Waals surface area (Å²) < 4.78 is 1.63. The van der Waals surface area contributed by atoms with E-state index in [9.17, 15) is 4.79 Å². The molecule has 0 fully saturated rings. The average molecular weight is 258 g/mol. The van der Waals surface area contributed by atoms with Gasteiger partial charge in [-0.15, -0.1) is 5.10 Å². The first-order chi connectivity index (χ1) is 9.25.